The predicted molar refractivity (Wildman–Crippen MR) is 67.3 cm³/mol. The molecule has 18 heavy (non-hydrogen) atoms. The summed E-state index contributed by atoms with van der Waals surface area (Å²) in [6, 6.07) is 4.63. The maximum Gasteiger partial charge on any atom is 0.170 e. The molecular formula is C12H20N2O4+. The number of rotatable bonds is 7. The summed E-state index contributed by atoms with van der Waals surface area (Å²) in [6.07, 6.45) is 0. The zero-order chi connectivity index (χ0) is 13.5. The van der Waals surface area contributed by atoms with Gasteiger partial charge in [0.15, 0.2) is 18.0 Å². The Labute approximate surface area is 106 Å². The third-order valence-corrected chi connectivity index (χ3v) is 2.65. The maximum absolute atomic E-state index is 9.40. The number of aliphatic hydroxyl groups is 2. The quantitative estimate of drug-likeness (QED) is 0.302. The molecule has 0 aliphatic heterocycles. The minimum atomic E-state index is -0.156. The van der Waals surface area contributed by atoms with Crippen LogP contribution in [0.25, 0.3) is 0 Å². The summed E-state index contributed by atoms with van der Waals surface area (Å²) >= 11 is 0. The van der Waals surface area contributed by atoms with Crippen molar-refractivity contribution in [3.05, 3.63) is 23.8 Å². The van der Waals surface area contributed by atoms with Crippen molar-refractivity contribution in [2.45, 2.75) is 6.54 Å². The summed E-state index contributed by atoms with van der Waals surface area (Å²) in [4.78, 5) is 0. The third-order valence-electron chi connectivity index (χ3n) is 2.65. The first-order valence-electron chi connectivity index (χ1n) is 5.77. The number of phenols is 2. The number of aromatic hydroxyl groups is 2. The van der Waals surface area contributed by atoms with Crippen LogP contribution >= 0.6 is 0 Å². The molecule has 1 rings (SSSR count). The number of hydrogen-bond donors (Lipinski definition) is 4. The highest BCUT2D eigenvalue weighted by atomic mass is 16.3. The molecule has 4 N–H and O–H groups in total. The van der Waals surface area contributed by atoms with Crippen LogP contribution in [-0.2, 0) is 6.54 Å². The molecule has 1 radical (unpaired) electrons. The fraction of sp³-hybridized carbons (Fsp3) is 0.500. The number of aliphatic hydroxyl groups excluding tert-OH is 2. The SMILES string of the molecule is C[N+](Cc1ccc(O)c(O)c1)N(CCO)CCO. The molecule has 0 aromatic heterocycles. The van der Waals surface area contributed by atoms with Gasteiger partial charge in [-0.3, -0.25) is 0 Å². The number of nitrogens with zero attached hydrogens (tertiary/aromatic N) is 2. The van der Waals surface area contributed by atoms with E-state index in [1.54, 1.807) is 6.07 Å². The largest absolute Gasteiger partial charge is 0.504 e. The van der Waals surface area contributed by atoms with Crippen molar-refractivity contribution in [3.8, 4) is 11.5 Å². The number of hydrogen-bond acceptors (Lipinski definition) is 6. The van der Waals surface area contributed by atoms with E-state index in [1.165, 1.54) is 12.1 Å². The monoisotopic (exact) mass is 256 g/mol. The van der Waals surface area contributed by atoms with Gasteiger partial charge in [0.2, 0.25) is 0 Å². The van der Waals surface area contributed by atoms with Gasteiger partial charge in [-0.15, -0.1) is 5.01 Å². The van der Waals surface area contributed by atoms with Gasteiger partial charge < -0.3 is 20.4 Å². The van der Waals surface area contributed by atoms with Gasteiger partial charge in [0.1, 0.15) is 7.05 Å². The van der Waals surface area contributed by atoms with Crippen LogP contribution in [0.2, 0.25) is 0 Å². The van der Waals surface area contributed by atoms with Gasteiger partial charge in [0.25, 0.3) is 0 Å². The number of phenolic OH excluding ortho intramolecular Hbond substituents is 2. The second-order valence-corrected chi connectivity index (χ2v) is 4.04. The molecule has 0 unspecified atom stereocenters. The highest BCUT2D eigenvalue weighted by Gasteiger charge is 2.20. The second-order valence-electron chi connectivity index (χ2n) is 4.04. The molecule has 0 spiro atoms. The van der Waals surface area contributed by atoms with Crippen LogP contribution in [0.5, 0.6) is 11.5 Å². The van der Waals surface area contributed by atoms with Gasteiger partial charge in [0, 0.05) is 5.56 Å². The highest BCUT2D eigenvalue weighted by molar-refractivity contribution is 5.40. The zero-order valence-corrected chi connectivity index (χ0v) is 10.5. The van der Waals surface area contributed by atoms with Crippen LogP contribution in [-0.4, -0.2) is 58.8 Å². The molecule has 0 bridgehead atoms. The van der Waals surface area contributed by atoms with Crippen molar-refractivity contribution in [1.82, 2.24) is 10.0 Å². The normalized spacial score (nSPS) is 11.4. The Hall–Kier alpha value is -1.34. The van der Waals surface area contributed by atoms with Crippen molar-refractivity contribution in [2.75, 3.05) is 33.4 Å². The molecule has 0 amide bonds. The average molecular weight is 256 g/mol. The van der Waals surface area contributed by atoms with E-state index in [-0.39, 0.29) is 24.7 Å². The van der Waals surface area contributed by atoms with Gasteiger partial charge in [-0.2, -0.15) is 0 Å². The minimum absolute atomic E-state index is 0.00513. The Kier molecular flexibility index (Phi) is 5.87. The summed E-state index contributed by atoms with van der Waals surface area (Å²) in [5.41, 5.74) is 0.827. The molecule has 0 saturated heterocycles. The van der Waals surface area contributed by atoms with Gasteiger partial charge in [0.05, 0.1) is 26.3 Å². The smallest absolute Gasteiger partial charge is 0.170 e. The zero-order valence-electron chi connectivity index (χ0n) is 10.5. The van der Waals surface area contributed by atoms with E-state index in [1.807, 2.05) is 17.1 Å². The molecule has 0 saturated carbocycles. The Balaban J connectivity index is 2.66. The molecule has 0 heterocycles. The van der Waals surface area contributed by atoms with Gasteiger partial charge >= 0.3 is 0 Å². The molecule has 6 nitrogen and oxygen atoms in total. The lowest BCUT2D eigenvalue weighted by Crippen LogP contribution is -2.47. The van der Waals surface area contributed by atoms with E-state index >= 15 is 0 Å². The van der Waals surface area contributed by atoms with Crippen molar-refractivity contribution >= 4 is 0 Å². The van der Waals surface area contributed by atoms with E-state index in [4.69, 9.17) is 10.2 Å². The predicted octanol–water partition coefficient (Wildman–Crippen LogP) is -0.431. The minimum Gasteiger partial charge on any atom is -0.504 e. The van der Waals surface area contributed by atoms with E-state index in [2.05, 4.69) is 0 Å². The Morgan fingerprint density at radius 2 is 1.67 bits per heavy atom. The average Bonchev–Trinajstić information content (AvgIpc) is 2.33. The third kappa shape index (κ3) is 4.15. The lowest BCUT2D eigenvalue weighted by molar-refractivity contribution is 0.0442. The topological polar surface area (TPSA) is 90.1 Å². The number of hydrazine groups is 1. The van der Waals surface area contributed by atoms with Crippen molar-refractivity contribution in [3.63, 3.8) is 0 Å². The van der Waals surface area contributed by atoms with Crippen LogP contribution in [0.1, 0.15) is 5.56 Å². The second kappa shape index (κ2) is 7.17. The van der Waals surface area contributed by atoms with E-state index in [9.17, 15) is 10.2 Å². The van der Waals surface area contributed by atoms with E-state index in [0.29, 0.717) is 19.6 Å². The molecule has 6 heteroatoms. The molecule has 0 aliphatic carbocycles. The molecule has 0 fully saturated rings. The van der Waals surface area contributed by atoms with Gasteiger partial charge in [-0.05, 0) is 18.2 Å². The molecule has 1 aromatic rings. The van der Waals surface area contributed by atoms with Crippen LogP contribution in [0.4, 0.5) is 0 Å². The Morgan fingerprint density at radius 1 is 1.06 bits per heavy atom. The molecule has 1 aromatic carbocycles. The first-order chi connectivity index (χ1) is 8.58. The summed E-state index contributed by atoms with van der Waals surface area (Å²) < 4.78 is 0. The maximum atomic E-state index is 9.40. The Morgan fingerprint density at radius 3 is 2.17 bits per heavy atom. The highest BCUT2D eigenvalue weighted by Crippen LogP contribution is 2.25. The molecule has 0 aliphatic rings. The summed E-state index contributed by atoms with van der Waals surface area (Å²) in [5, 5.41) is 40.1. The first-order valence-corrected chi connectivity index (χ1v) is 5.77. The van der Waals surface area contributed by atoms with Crippen molar-refractivity contribution in [2.24, 2.45) is 0 Å². The van der Waals surface area contributed by atoms with Crippen LogP contribution in [0.15, 0.2) is 18.2 Å². The fourth-order valence-corrected chi connectivity index (χ4v) is 1.72. The van der Waals surface area contributed by atoms with E-state index in [0.717, 1.165) is 5.56 Å². The van der Waals surface area contributed by atoms with Crippen molar-refractivity contribution in [1.29, 1.82) is 0 Å². The first kappa shape index (κ1) is 14.7. The molecule has 101 valence electrons. The van der Waals surface area contributed by atoms with Gasteiger partial charge in [-0.25, -0.2) is 0 Å². The summed E-state index contributed by atoms with van der Waals surface area (Å²) in [7, 11) is 1.83. The fourth-order valence-electron chi connectivity index (χ4n) is 1.72. The lowest BCUT2D eigenvalue weighted by atomic mass is 10.2. The van der Waals surface area contributed by atoms with E-state index < -0.39 is 0 Å². The van der Waals surface area contributed by atoms with Crippen LogP contribution in [0.3, 0.4) is 0 Å². The molecule has 0 atom stereocenters. The Bertz CT molecular complexity index is 367. The standard InChI is InChI=1S/C12H20N2O4/c1-13(14(4-6-15)5-7-16)9-10-2-3-11(17)12(18)8-10/h2-3,8,15-18H,4-7,9H2,1H3/q+1. The lowest BCUT2D eigenvalue weighted by Gasteiger charge is -2.20. The number of benzene rings is 1. The van der Waals surface area contributed by atoms with Crippen LogP contribution in [0, 0.1) is 0 Å². The molecular weight excluding hydrogens is 236 g/mol. The van der Waals surface area contributed by atoms with Crippen molar-refractivity contribution < 1.29 is 20.4 Å². The van der Waals surface area contributed by atoms with Crippen LogP contribution < -0.4 is 5.01 Å². The summed E-state index contributed by atoms with van der Waals surface area (Å²) in [6.45, 7) is 1.38. The van der Waals surface area contributed by atoms with Gasteiger partial charge in [-0.1, -0.05) is 5.01 Å². The summed E-state index contributed by atoms with van der Waals surface area (Å²) in [5.74, 6) is -0.305.